The number of fused-ring (bicyclic) bond motifs is 5. The van der Waals surface area contributed by atoms with Gasteiger partial charge in [-0.3, -0.25) is 9.59 Å². The number of halogens is 2. The van der Waals surface area contributed by atoms with Gasteiger partial charge in [0.2, 0.25) is 0 Å². The molecule has 0 N–H and O–H groups in total. The van der Waals surface area contributed by atoms with Crippen molar-refractivity contribution in [1.29, 1.82) is 0 Å². The summed E-state index contributed by atoms with van der Waals surface area (Å²) in [5.41, 5.74) is -0.135. The lowest BCUT2D eigenvalue weighted by Crippen LogP contribution is -2.53. The van der Waals surface area contributed by atoms with Gasteiger partial charge in [0.25, 0.3) is 6.43 Å². The summed E-state index contributed by atoms with van der Waals surface area (Å²) in [6.07, 6.45) is 4.45. The minimum absolute atomic E-state index is 0.0171. The van der Waals surface area contributed by atoms with Gasteiger partial charge >= 0.3 is 0 Å². The number of carbonyl (C=O) groups is 2. The average molecular weight is 322 g/mol. The molecule has 2 nitrogen and oxygen atoms in total. The molecule has 3 saturated carbocycles. The van der Waals surface area contributed by atoms with Crippen LogP contribution in [0.1, 0.15) is 58.3 Å². The highest BCUT2D eigenvalue weighted by molar-refractivity contribution is 5.91. The van der Waals surface area contributed by atoms with E-state index in [9.17, 15) is 18.4 Å². The molecule has 4 heteroatoms. The molecule has 5 atom stereocenters. The fraction of sp³-hybridized carbons (Fsp3) is 0.789. The molecule has 126 valence electrons. The van der Waals surface area contributed by atoms with Gasteiger partial charge in [0.05, 0.1) is 5.41 Å². The highest BCUT2D eigenvalue weighted by atomic mass is 19.3. The van der Waals surface area contributed by atoms with Gasteiger partial charge in [0.15, 0.2) is 5.78 Å². The van der Waals surface area contributed by atoms with Gasteiger partial charge in [-0.05, 0) is 67.8 Å². The van der Waals surface area contributed by atoms with E-state index in [1.165, 1.54) is 5.57 Å². The monoisotopic (exact) mass is 322 g/mol. The van der Waals surface area contributed by atoms with Crippen LogP contribution in [0.5, 0.6) is 0 Å². The zero-order valence-corrected chi connectivity index (χ0v) is 13.6. The van der Waals surface area contributed by atoms with E-state index in [2.05, 4.69) is 6.92 Å². The molecule has 0 unspecified atom stereocenters. The van der Waals surface area contributed by atoms with Crippen molar-refractivity contribution in [3.8, 4) is 0 Å². The third kappa shape index (κ3) is 1.90. The molecule has 0 saturated heterocycles. The molecular weight excluding hydrogens is 298 g/mol. The topological polar surface area (TPSA) is 34.1 Å². The van der Waals surface area contributed by atoms with Crippen LogP contribution in [0.15, 0.2) is 11.6 Å². The lowest BCUT2D eigenvalue weighted by molar-refractivity contribution is -0.153. The maximum atomic E-state index is 13.9. The summed E-state index contributed by atoms with van der Waals surface area (Å²) < 4.78 is 27.8. The third-order valence-electron chi connectivity index (χ3n) is 7.68. The Morgan fingerprint density at radius 1 is 1.04 bits per heavy atom. The standard InChI is InChI=1S/C19H24F2O2/c1-18-8-6-12(22)10-11(18)2-3-13-14(18)7-9-19(17(20)21)15(13)4-5-16(19)23/h10,13-15,17H,2-9H2,1H3/t13-,14-,15+,18+,19-/m1/s1. The molecule has 0 radical (unpaired) electrons. The minimum Gasteiger partial charge on any atom is -0.299 e. The van der Waals surface area contributed by atoms with Crippen LogP contribution in [0.4, 0.5) is 8.78 Å². The van der Waals surface area contributed by atoms with Crippen molar-refractivity contribution in [2.24, 2.45) is 28.6 Å². The van der Waals surface area contributed by atoms with Gasteiger partial charge in [-0.15, -0.1) is 0 Å². The molecule has 0 spiro atoms. The van der Waals surface area contributed by atoms with E-state index in [1.54, 1.807) is 0 Å². The van der Waals surface area contributed by atoms with Crippen LogP contribution in [0, 0.1) is 28.6 Å². The predicted molar refractivity (Wildman–Crippen MR) is 82.0 cm³/mol. The van der Waals surface area contributed by atoms with E-state index in [1.807, 2.05) is 6.08 Å². The van der Waals surface area contributed by atoms with Gasteiger partial charge in [0.1, 0.15) is 5.78 Å². The summed E-state index contributed by atoms with van der Waals surface area (Å²) in [5, 5.41) is 0. The Balaban J connectivity index is 1.72. The van der Waals surface area contributed by atoms with Crippen molar-refractivity contribution in [1.82, 2.24) is 0 Å². The molecule has 4 aliphatic rings. The van der Waals surface area contributed by atoms with E-state index in [4.69, 9.17) is 0 Å². The summed E-state index contributed by atoms with van der Waals surface area (Å²) >= 11 is 0. The number of hydrogen-bond acceptors (Lipinski definition) is 2. The Kier molecular flexibility index (Phi) is 3.34. The van der Waals surface area contributed by atoms with Crippen molar-refractivity contribution in [3.63, 3.8) is 0 Å². The first kappa shape index (κ1) is 15.5. The zero-order chi connectivity index (χ0) is 16.4. The van der Waals surface area contributed by atoms with E-state index < -0.39 is 11.8 Å². The molecule has 0 aromatic heterocycles. The van der Waals surface area contributed by atoms with Crippen molar-refractivity contribution in [2.75, 3.05) is 0 Å². The molecule has 4 rings (SSSR count). The Morgan fingerprint density at radius 3 is 2.57 bits per heavy atom. The predicted octanol–water partition coefficient (Wildman–Crippen LogP) is 4.33. The average Bonchev–Trinajstić information content (AvgIpc) is 2.86. The molecule has 23 heavy (non-hydrogen) atoms. The molecule has 3 fully saturated rings. The van der Waals surface area contributed by atoms with Crippen LogP contribution in [0.3, 0.4) is 0 Å². The second kappa shape index (κ2) is 4.97. The van der Waals surface area contributed by atoms with Crippen LogP contribution < -0.4 is 0 Å². The maximum Gasteiger partial charge on any atom is 0.251 e. The van der Waals surface area contributed by atoms with Gasteiger partial charge in [-0.25, -0.2) is 8.78 Å². The normalized spacial score (nSPS) is 46.3. The minimum atomic E-state index is -2.53. The van der Waals surface area contributed by atoms with Crippen LogP contribution in [-0.4, -0.2) is 18.0 Å². The molecule has 0 aliphatic heterocycles. The Bertz CT molecular complexity index is 596. The molecular formula is C19H24F2O2. The lowest BCUT2D eigenvalue weighted by atomic mass is 9.47. The number of rotatable bonds is 1. The number of hydrogen-bond donors (Lipinski definition) is 0. The van der Waals surface area contributed by atoms with Crippen molar-refractivity contribution < 1.29 is 18.4 Å². The Labute approximate surface area is 135 Å². The fourth-order valence-electron chi connectivity index (χ4n) is 6.46. The first-order valence-electron chi connectivity index (χ1n) is 8.95. The second-order valence-electron chi connectivity index (χ2n) is 8.31. The van der Waals surface area contributed by atoms with Crippen LogP contribution in [0.2, 0.25) is 0 Å². The number of allylic oxidation sites excluding steroid dienone is 1. The zero-order valence-electron chi connectivity index (χ0n) is 13.6. The van der Waals surface area contributed by atoms with E-state index >= 15 is 0 Å². The lowest BCUT2D eigenvalue weighted by Gasteiger charge is -2.57. The summed E-state index contributed by atoms with van der Waals surface area (Å²) in [6.45, 7) is 2.23. The molecule has 0 bridgehead atoms. The Morgan fingerprint density at radius 2 is 1.83 bits per heavy atom. The molecule has 0 aromatic rings. The molecule has 0 heterocycles. The molecule has 0 amide bonds. The van der Waals surface area contributed by atoms with Crippen LogP contribution in [-0.2, 0) is 9.59 Å². The molecule has 0 aromatic carbocycles. The van der Waals surface area contributed by atoms with Gasteiger partial charge in [-0.2, -0.15) is 0 Å². The Hall–Kier alpha value is -1.06. The largest absolute Gasteiger partial charge is 0.299 e. The number of carbonyl (C=O) groups excluding carboxylic acids is 2. The van der Waals surface area contributed by atoms with Crippen molar-refractivity contribution >= 4 is 11.6 Å². The summed E-state index contributed by atoms with van der Waals surface area (Å²) in [5.74, 6) is 0.452. The van der Waals surface area contributed by atoms with E-state index in [0.29, 0.717) is 38.0 Å². The highest BCUT2D eigenvalue weighted by Crippen LogP contribution is 2.65. The third-order valence-corrected chi connectivity index (χ3v) is 7.68. The maximum absolute atomic E-state index is 13.9. The van der Waals surface area contributed by atoms with Crippen molar-refractivity contribution in [3.05, 3.63) is 11.6 Å². The van der Waals surface area contributed by atoms with Gasteiger partial charge < -0.3 is 0 Å². The van der Waals surface area contributed by atoms with E-state index in [-0.39, 0.29) is 28.8 Å². The van der Waals surface area contributed by atoms with Gasteiger partial charge in [-0.1, -0.05) is 12.5 Å². The van der Waals surface area contributed by atoms with Crippen molar-refractivity contribution in [2.45, 2.75) is 64.7 Å². The number of ketones is 2. The first-order valence-corrected chi connectivity index (χ1v) is 8.95. The SMILES string of the molecule is C[C@]12CCC(=O)C=C1CC[C@@H]1[C@H]2CC[C@]2(C(F)F)C(=O)CC[C@@H]12. The van der Waals surface area contributed by atoms with Crippen LogP contribution >= 0.6 is 0 Å². The van der Waals surface area contributed by atoms with Crippen LogP contribution in [0.25, 0.3) is 0 Å². The quantitative estimate of drug-likeness (QED) is 0.720. The smallest absolute Gasteiger partial charge is 0.251 e. The second-order valence-corrected chi connectivity index (χ2v) is 8.31. The number of Topliss-reactive ketones (excluding diaryl/α,β-unsaturated/α-hetero) is 1. The first-order chi connectivity index (χ1) is 10.9. The van der Waals surface area contributed by atoms with Gasteiger partial charge in [0, 0.05) is 12.8 Å². The summed E-state index contributed by atoms with van der Waals surface area (Å²) in [6, 6.07) is 0. The summed E-state index contributed by atoms with van der Waals surface area (Å²) in [4.78, 5) is 24.1. The fourth-order valence-corrected chi connectivity index (χ4v) is 6.46. The number of alkyl halides is 2. The highest BCUT2D eigenvalue weighted by Gasteiger charge is 2.64. The summed E-state index contributed by atoms with van der Waals surface area (Å²) in [7, 11) is 0. The molecule has 4 aliphatic carbocycles. The van der Waals surface area contributed by atoms with E-state index in [0.717, 1.165) is 19.3 Å².